The van der Waals surface area contributed by atoms with Gasteiger partial charge < -0.3 is 10.0 Å². The number of carboxylic acids is 1. The quantitative estimate of drug-likeness (QED) is 0.876. The molecule has 0 spiro atoms. The molecule has 5 heteroatoms. The van der Waals surface area contributed by atoms with Gasteiger partial charge in [0.15, 0.2) is 0 Å². The van der Waals surface area contributed by atoms with Gasteiger partial charge in [-0.25, -0.2) is 4.79 Å². The summed E-state index contributed by atoms with van der Waals surface area (Å²) in [6, 6.07) is 10.4. The summed E-state index contributed by atoms with van der Waals surface area (Å²) in [5.41, 5.74) is -0.946. The van der Waals surface area contributed by atoms with E-state index in [1.165, 1.54) is 18.7 Å². The van der Waals surface area contributed by atoms with Crippen LogP contribution >= 0.6 is 0 Å². The van der Waals surface area contributed by atoms with Gasteiger partial charge in [-0.15, -0.1) is 0 Å². The monoisotopic (exact) mass is 260 g/mol. The van der Waals surface area contributed by atoms with Crippen LogP contribution in [0.1, 0.15) is 30.6 Å². The van der Waals surface area contributed by atoms with Crippen LogP contribution in [0.5, 0.6) is 0 Å². The van der Waals surface area contributed by atoms with Crippen molar-refractivity contribution in [2.75, 3.05) is 6.54 Å². The molecule has 100 valence electrons. The molecule has 1 rings (SSSR count). The number of nitrogens with zero attached hydrogens (tertiary/aromatic N) is 2. The smallest absolute Gasteiger partial charge is 0.329 e. The number of hydrogen-bond acceptors (Lipinski definition) is 3. The first kappa shape index (κ1) is 14.7. The summed E-state index contributed by atoms with van der Waals surface area (Å²) >= 11 is 0. The SMILES string of the molecule is CC(C)(C(=O)O)N(CCC#N)C(=O)c1ccccc1. The Balaban J connectivity index is 3.08. The maximum absolute atomic E-state index is 12.4. The van der Waals surface area contributed by atoms with Crippen molar-refractivity contribution in [1.29, 1.82) is 5.26 Å². The topological polar surface area (TPSA) is 81.4 Å². The Bertz CT molecular complexity index is 503. The van der Waals surface area contributed by atoms with Crippen molar-refractivity contribution in [2.45, 2.75) is 25.8 Å². The maximum atomic E-state index is 12.4. The van der Waals surface area contributed by atoms with Gasteiger partial charge in [0.25, 0.3) is 5.91 Å². The lowest BCUT2D eigenvalue weighted by molar-refractivity contribution is -0.147. The third-order valence-electron chi connectivity index (χ3n) is 2.91. The summed E-state index contributed by atoms with van der Waals surface area (Å²) in [6.07, 6.45) is 0.0925. The van der Waals surface area contributed by atoms with Crippen LogP contribution in [0.3, 0.4) is 0 Å². The fourth-order valence-corrected chi connectivity index (χ4v) is 1.65. The molecule has 1 aromatic rings. The van der Waals surface area contributed by atoms with Crippen molar-refractivity contribution in [3.8, 4) is 6.07 Å². The van der Waals surface area contributed by atoms with Crippen molar-refractivity contribution in [3.63, 3.8) is 0 Å². The zero-order chi connectivity index (χ0) is 14.5. The molecule has 0 atom stereocenters. The van der Waals surface area contributed by atoms with Crippen LogP contribution in [0.4, 0.5) is 0 Å². The zero-order valence-electron chi connectivity index (χ0n) is 11.0. The summed E-state index contributed by atoms with van der Waals surface area (Å²) in [5.74, 6) is -1.49. The summed E-state index contributed by atoms with van der Waals surface area (Å²) in [6.45, 7) is 2.99. The fourth-order valence-electron chi connectivity index (χ4n) is 1.65. The first-order valence-corrected chi connectivity index (χ1v) is 5.88. The number of aliphatic carboxylic acids is 1. The summed E-state index contributed by atoms with van der Waals surface area (Å²) in [5, 5.41) is 17.9. The maximum Gasteiger partial charge on any atom is 0.329 e. The molecule has 0 aliphatic carbocycles. The number of carboxylic acid groups (broad SMARTS) is 1. The fraction of sp³-hybridized carbons (Fsp3) is 0.357. The molecule has 19 heavy (non-hydrogen) atoms. The van der Waals surface area contributed by atoms with E-state index in [4.69, 9.17) is 5.26 Å². The van der Waals surface area contributed by atoms with Crippen LogP contribution in [-0.2, 0) is 4.79 Å². The first-order valence-electron chi connectivity index (χ1n) is 5.88. The van der Waals surface area contributed by atoms with Gasteiger partial charge in [-0.05, 0) is 26.0 Å². The highest BCUT2D eigenvalue weighted by molar-refractivity contribution is 5.97. The lowest BCUT2D eigenvalue weighted by atomic mass is 10.0. The van der Waals surface area contributed by atoms with Crippen molar-refractivity contribution in [2.24, 2.45) is 0 Å². The van der Waals surface area contributed by atoms with Gasteiger partial charge >= 0.3 is 5.97 Å². The van der Waals surface area contributed by atoms with Crippen LogP contribution in [0, 0.1) is 11.3 Å². The normalized spacial score (nSPS) is 10.6. The molecule has 0 heterocycles. The summed E-state index contributed by atoms with van der Waals surface area (Å²) in [4.78, 5) is 24.9. The second-order valence-electron chi connectivity index (χ2n) is 4.60. The van der Waals surface area contributed by atoms with Gasteiger partial charge in [-0.3, -0.25) is 4.79 Å². The highest BCUT2D eigenvalue weighted by atomic mass is 16.4. The van der Waals surface area contributed by atoms with Crippen molar-refractivity contribution >= 4 is 11.9 Å². The molecule has 1 N–H and O–H groups in total. The molecule has 5 nitrogen and oxygen atoms in total. The number of carbonyl (C=O) groups is 2. The number of carbonyl (C=O) groups excluding carboxylic acids is 1. The molecule has 0 saturated heterocycles. The first-order chi connectivity index (χ1) is 8.91. The highest BCUT2D eigenvalue weighted by Gasteiger charge is 2.37. The van der Waals surface area contributed by atoms with Gasteiger partial charge in [0.05, 0.1) is 12.5 Å². The zero-order valence-corrected chi connectivity index (χ0v) is 11.0. The minimum absolute atomic E-state index is 0.0868. The average molecular weight is 260 g/mol. The van der Waals surface area contributed by atoms with Gasteiger partial charge in [0, 0.05) is 12.1 Å². The Hall–Kier alpha value is -2.35. The van der Waals surface area contributed by atoms with E-state index in [2.05, 4.69) is 0 Å². The number of amides is 1. The molecule has 1 aromatic carbocycles. The minimum Gasteiger partial charge on any atom is -0.480 e. The Morgan fingerprint density at radius 1 is 1.32 bits per heavy atom. The van der Waals surface area contributed by atoms with Crippen molar-refractivity contribution in [1.82, 2.24) is 4.90 Å². The molecule has 0 aromatic heterocycles. The molecule has 0 unspecified atom stereocenters. The molecule has 1 amide bonds. The number of benzene rings is 1. The Labute approximate surface area is 112 Å². The van der Waals surface area contributed by atoms with Crippen LogP contribution in [0.2, 0.25) is 0 Å². The van der Waals surface area contributed by atoms with Crippen LogP contribution < -0.4 is 0 Å². The molecular formula is C14H16N2O3. The van der Waals surface area contributed by atoms with Crippen molar-refractivity contribution in [3.05, 3.63) is 35.9 Å². The van der Waals surface area contributed by atoms with E-state index < -0.39 is 11.5 Å². The Kier molecular flexibility index (Phi) is 4.65. The van der Waals surface area contributed by atoms with Crippen LogP contribution in [-0.4, -0.2) is 34.0 Å². The standard InChI is InChI=1S/C14H16N2O3/c1-14(2,13(18)19)16(10-6-9-15)12(17)11-7-4-3-5-8-11/h3-5,7-8H,6,10H2,1-2H3,(H,18,19). The minimum atomic E-state index is -1.36. The molecule has 0 fully saturated rings. The predicted octanol–water partition coefficient (Wildman–Crippen LogP) is 1.91. The van der Waals surface area contributed by atoms with E-state index in [1.807, 2.05) is 6.07 Å². The molecule has 0 aliphatic heterocycles. The highest BCUT2D eigenvalue weighted by Crippen LogP contribution is 2.19. The van der Waals surface area contributed by atoms with Gasteiger partial charge in [0.1, 0.15) is 5.54 Å². The van der Waals surface area contributed by atoms with Crippen LogP contribution in [0.15, 0.2) is 30.3 Å². The third kappa shape index (κ3) is 3.32. The van der Waals surface area contributed by atoms with Gasteiger partial charge in [-0.1, -0.05) is 18.2 Å². The second kappa shape index (κ2) is 6.01. The summed E-state index contributed by atoms with van der Waals surface area (Å²) in [7, 11) is 0. The van der Waals surface area contributed by atoms with E-state index in [0.29, 0.717) is 5.56 Å². The molecule has 0 bridgehead atoms. The van der Waals surface area contributed by atoms with Crippen LogP contribution in [0.25, 0.3) is 0 Å². The van der Waals surface area contributed by atoms with Gasteiger partial charge in [0.2, 0.25) is 0 Å². The Morgan fingerprint density at radius 3 is 2.37 bits per heavy atom. The third-order valence-corrected chi connectivity index (χ3v) is 2.91. The largest absolute Gasteiger partial charge is 0.480 e. The Morgan fingerprint density at radius 2 is 1.89 bits per heavy atom. The molecular weight excluding hydrogens is 244 g/mol. The van der Waals surface area contributed by atoms with E-state index in [0.717, 1.165) is 0 Å². The molecule has 0 radical (unpaired) electrons. The van der Waals surface area contributed by atoms with E-state index in [1.54, 1.807) is 30.3 Å². The lowest BCUT2D eigenvalue weighted by Gasteiger charge is -2.34. The van der Waals surface area contributed by atoms with E-state index in [9.17, 15) is 14.7 Å². The number of hydrogen-bond donors (Lipinski definition) is 1. The van der Waals surface area contributed by atoms with E-state index >= 15 is 0 Å². The predicted molar refractivity (Wildman–Crippen MR) is 69.4 cm³/mol. The molecule has 0 saturated carbocycles. The number of nitriles is 1. The molecule has 0 aliphatic rings. The lowest BCUT2D eigenvalue weighted by Crippen LogP contribution is -2.53. The average Bonchev–Trinajstić information content (AvgIpc) is 2.39. The second-order valence-corrected chi connectivity index (χ2v) is 4.60. The van der Waals surface area contributed by atoms with Gasteiger partial charge in [-0.2, -0.15) is 5.26 Å². The van der Waals surface area contributed by atoms with Crippen molar-refractivity contribution < 1.29 is 14.7 Å². The van der Waals surface area contributed by atoms with E-state index in [-0.39, 0.29) is 18.9 Å². The summed E-state index contributed by atoms with van der Waals surface area (Å²) < 4.78 is 0. The number of rotatable bonds is 5.